The third kappa shape index (κ3) is 6.03. The van der Waals surface area contributed by atoms with E-state index in [9.17, 15) is 23.6 Å². The third-order valence-corrected chi connectivity index (χ3v) is 4.46. The minimum absolute atomic E-state index is 0.0390. The quantitative estimate of drug-likeness (QED) is 0.404. The molecule has 1 heterocycles. The highest BCUT2D eigenvalue weighted by Crippen LogP contribution is 2.17. The number of ether oxygens (including phenoxy) is 1. The Balaban J connectivity index is 2.14. The number of halogens is 1. The monoisotopic (exact) mass is 445 g/mol. The lowest BCUT2D eigenvalue weighted by Gasteiger charge is -2.28. The molecule has 0 atom stereocenters. The first-order chi connectivity index (χ1) is 14.6. The Morgan fingerprint density at radius 2 is 1.66 bits per heavy atom. The van der Waals surface area contributed by atoms with Gasteiger partial charge in [0, 0.05) is 18.9 Å². The van der Waals surface area contributed by atoms with Crippen molar-refractivity contribution >= 4 is 29.3 Å². The molecule has 0 unspecified atom stereocenters. The summed E-state index contributed by atoms with van der Waals surface area (Å²) >= 11 is 0. The van der Waals surface area contributed by atoms with Crippen molar-refractivity contribution in [1.29, 1.82) is 0 Å². The number of amides is 2. The molecule has 1 aromatic heterocycles. The Hall–Kier alpha value is -3.49. The van der Waals surface area contributed by atoms with Gasteiger partial charge < -0.3 is 19.9 Å². The van der Waals surface area contributed by atoms with Crippen molar-refractivity contribution < 1.29 is 28.3 Å². The Morgan fingerprint density at radius 1 is 1.03 bits per heavy atom. The number of carbonyl (C=O) groups is 4. The van der Waals surface area contributed by atoms with Crippen molar-refractivity contribution in [2.45, 2.75) is 52.7 Å². The number of esters is 1. The van der Waals surface area contributed by atoms with Crippen molar-refractivity contribution in [2.75, 3.05) is 5.32 Å². The number of rotatable bonds is 6. The number of benzene rings is 1. The molecule has 0 spiro atoms. The number of hydrogen-bond acceptors (Lipinski definition) is 5. The zero-order valence-electron chi connectivity index (χ0n) is 19.3. The van der Waals surface area contributed by atoms with E-state index in [-0.39, 0.29) is 11.3 Å². The van der Waals surface area contributed by atoms with Gasteiger partial charge in [0.25, 0.3) is 17.6 Å². The Kier molecular flexibility index (Phi) is 6.92. The molecule has 0 aliphatic rings. The molecule has 0 bridgehead atoms. The summed E-state index contributed by atoms with van der Waals surface area (Å²) in [4.78, 5) is 50.0. The van der Waals surface area contributed by atoms with Crippen LogP contribution in [-0.4, -0.2) is 39.3 Å². The molecule has 0 aliphatic carbocycles. The van der Waals surface area contributed by atoms with Crippen LogP contribution in [0.3, 0.4) is 0 Å². The van der Waals surface area contributed by atoms with Gasteiger partial charge in [-0.15, -0.1) is 0 Å². The molecule has 9 heteroatoms. The van der Waals surface area contributed by atoms with Crippen LogP contribution < -0.4 is 10.6 Å². The molecule has 2 N–H and O–H groups in total. The maximum absolute atomic E-state index is 13.4. The average molecular weight is 445 g/mol. The van der Waals surface area contributed by atoms with Gasteiger partial charge in [-0.1, -0.05) is 0 Å². The molecule has 0 saturated heterocycles. The van der Waals surface area contributed by atoms with E-state index in [2.05, 4.69) is 10.6 Å². The summed E-state index contributed by atoms with van der Waals surface area (Å²) in [6.07, 6.45) is 1.39. The Labute approximate surface area is 186 Å². The summed E-state index contributed by atoms with van der Waals surface area (Å²) in [5.74, 6) is -3.53. The first kappa shape index (κ1) is 24.8. The van der Waals surface area contributed by atoms with Gasteiger partial charge in [-0.3, -0.25) is 14.4 Å². The van der Waals surface area contributed by atoms with Crippen LogP contribution >= 0.6 is 0 Å². The molecule has 0 aliphatic heterocycles. The summed E-state index contributed by atoms with van der Waals surface area (Å²) in [5, 5.41) is 5.00. The summed E-state index contributed by atoms with van der Waals surface area (Å²) in [7, 11) is 1.51. The summed E-state index contributed by atoms with van der Waals surface area (Å²) in [6, 6.07) is 5.41. The van der Waals surface area contributed by atoms with Crippen molar-refractivity contribution in [1.82, 2.24) is 9.88 Å². The predicted molar refractivity (Wildman–Crippen MR) is 117 cm³/mol. The van der Waals surface area contributed by atoms with Crippen molar-refractivity contribution in [3.63, 3.8) is 0 Å². The number of Topliss-reactive ketones (excluding diaryl/α,β-unsaturated/α-hetero) is 1. The summed E-state index contributed by atoms with van der Waals surface area (Å²) < 4.78 is 20.0. The van der Waals surface area contributed by atoms with Crippen LogP contribution in [-0.2, 0) is 21.4 Å². The van der Waals surface area contributed by atoms with Gasteiger partial charge in [0.2, 0.25) is 0 Å². The van der Waals surface area contributed by atoms with E-state index in [1.807, 2.05) is 0 Å². The second-order valence-corrected chi connectivity index (χ2v) is 9.05. The van der Waals surface area contributed by atoms with Gasteiger partial charge >= 0.3 is 5.97 Å². The van der Waals surface area contributed by atoms with Gasteiger partial charge in [0.05, 0.1) is 11.3 Å². The average Bonchev–Trinajstić information content (AvgIpc) is 3.04. The van der Waals surface area contributed by atoms with Crippen LogP contribution in [0.15, 0.2) is 30.5 Å². The van der Waals surface area contributed by atoms with E-state index in [1.165, 1.54) is 55.9 Å². The molecular weight excluding hydrogens is 417 g/mol. The molecule has 1 aromatic carbocycles. The van der Waals surface area contributed by atoms with Crippen molar-refractivity contribution in [3.05, 3.63) is 53.1 Å². The van der Waals surface area contributed by atoms with Crippen molar-refractivity contribution in [2.24, 2.45) is 7.05 Å². The van der Waals surface area contributed by atoms with E-state index in [1.54, 1.807) is 27.7 Å². The number of aryl methyl sites for hydroxylation is 2. The van der Waals surface area contributed by atoms with Crippen LogP contribution in [0.1, 0.15) is 61.0 Å². The zero-order valence-corrected chi connectivity index (χ0v) is 19.3. The normalized spacial score (nSPS) is 11.6. The van der Waals surface area contributed by atoms with Crippen LogP contribution in [0.5, 0.6) is 0 Å². The van der Waals surface area contributed by atoms with Gasteiger partial charge in [0.1, 0.15) is 17.0 Å². The lowest BCUT2D eigenvalue weighted by atomic mass is 10.0. The Bertz CT molecular complexity index is 1080. The van der Waals surface area contributed by atoms with E-state index in [4.69, 9.17) is 4.74 Å². The lowest BCUT2D eigenvalue weighted by molar-refractivity contribution is -0.162. The minimum Gasteiger partial charge on any atom is -0.458 e. The fraction of sp³-hybridized carbons (Fsp3) is 0.391. The second kappa shape index (κ2) is 8.94. The van der Waals surface area contributed by atoms with E-state index < -0.39 is 40.5 Å². The largest absolute Gasteiger partial charge is 0.458 e. The standard InChI is InChI=1S/C23H28FN3O5/c1-13-10-15(8-9-16(13)24)25-19(29)14-11-17(27(7)12-14)18(28)20(30)26-23(5,6)21(31)32-22(2,3)4/h8-12H,1-7H3,(H,25,29)(H,26,30). The number of nitrogens with zero attached hydrogens (tertiary/aromatic N) is 1. The molecule has 0 saturated carbocycles. The van der Waals surface area contributed by atoms with Gasteiger partial charge in [-0.05, 0) is 71.4 Å². The highest BCUT2D eigenvalue weighted by Gasteiger charge is 2.36. The first-order valence-corrected chi connectivity index (χ1v) is 9.95. The molecule has 172 valence electrons. The maximum atomic E-state index is 13.4. The number of hydrogen-bond donors (Lipinski definition) is 2. The van der Waals surface area contributed by atoms with Gasteiger partial charge in [0.15, 0.2) is 0 Å². The highest BCUT2D eigenvalue weighted by atomic mass is 19.1. The highest BCUT2D eigenvalue weighted by molar-refractivity contribution is 6.43. The first-order valence-electron chi connectivity index (χ1n) is 9.95. The molecule has 0 radical (unpaired) electrons. The van der Waals surface area contributed by atoms with Crippen LogP contribution in [0.2, 0.25) is 0 Å². The molecule has 2 amide bonds. The lowest BCUT2D eigenvalue weighted by Crippen LogP contribution is -2.54. The molecule has 2 rings (SSSR count). The smallest absolute Gasteiger partial charge is 0.331 e. The van der Waals surface area contributed by atoms with Crippen molar-refractivity contribution in [3.8, 4) is 0 Å². The van der Waals surface area contributed by atoms with Crippen LogP contribution in [0.25, 0.3) is 0 Å². The van der Waals surface area contributed by atoms with Gasteiger partial charge in [-0.25, -0.2) is 9.18 Å². The second-order valence-electron chi connectivity index (χ2n) is 9.05. The molecule has 2 aromatic rings. The minimum atomic E-state index is -1.44. The maximum Gasteiger partial charge on any atom is 0.331 e. The number of ketones is 1. The van der Waals surface area contributed by atoms with Crippen LogP contribution in [0.4, 0.5) is 10.1 Å². The predicted octanol–water partition coefficient (Wildman–Crippen LogP) is 3.14. The Morgan fingerprint density at radius 3 is 2.22 bits per heavy atom. The fourth-order valence-corrected chi connectivity index (χ4v) is 2.75. The van der Waals surface area contributed by atoms with E-state index in [0.717, 1.165) is 0 Å². The number of aromatic nitrogens is 1. The SMILES string of the molecule is Cc1cc(NC(=O)c2cc(C(=O)C(=O)NC(C)(C)C(=O)OC(C)(C)C)n(C)c2)ccc1F. The number of anilines is 1. The van der Waals surface area contributed by atoms with Crippen LogP contribution in [0, 0.1) is 12.7 Å². The summed E-state index contributed by atoms with van der Waals surface area (Å²) in [5.41, 5.74) is -1.34. The zero-order chi connectivity index (χ0) is 24.4. The molecule has 8 nitrogen and oxygen atoms in total. The number of carbonyl (C=O) groups excluding carboxylic acids is 4. The van der Waals surface area contributed by atoms with E-state index >= 15 is 0 Å². The molecule has 32 heavy (non-hydrogen) atoms. The number of nitrogens with one attached hydrogen (secondary N) is 2. The molecular formula is C23H28FN3O5. The fourth-order valence-electron chi connectivity index (χ4n) is 2.75. The van der Waals surface area contributed by atoms with Gasteiger partial charge in [-0.2, -0.15) is 0 Å². The molecule has 0 fully saturated rings. The summed E-state index contributed by atoms with van der Waals surface area (Å²) in [6.45, 7) is 9.51. The van der Waals surface area contributed by atoms with E-state index in [0.29, 0.717) is 11.3 Å². The third-order valence-electron chi connectivity index (χ3n) is 4.46. The topological polar surface area (TPSA) is 106 Å².